The van der Waals surface area contributed by atoms with Gasteiger partial charge in [-0.25, -0.2) is 9.78 Å². The van der Waals surface area contributed by atoms with Crippen molar-refractivity contribution < 1.29 is 14.3 Å². The number of nitrogens with zero attached hydrogens (tertiary/aromatic N) is 5. The number of anilines is 2. The Bertz CT molecular complexity index is 1320. The molecule has 10 heteroatoms. The van der Waals surface area contributed by atoms with Gasteiger partial charge in [-0.05, 0) is 20.8 Å². The molecule has 0 saturated carbocycles. The summed E-state index contributed by atoms with van der Waals surface area (Å²) in [5.41, 5.74) is 1.22. The van der Waals surface area contributed by atoms with Crippen molar-refractivity contribution in [2.24, 2.45) is 0 Å². The Morgan fingerprint density at radius 2 is 1.44 bits per heavy atom. The topological polar surface area (TPSA) is 88.5 Å². The van der Waals surface area contributed by atoms with Crippen molar-refractivity contribution in [1.29, 1.82) is 0 Å². The summed E-state index contributed by atoms with van der Waals surface area (Å²) in [5, 5.41) is 2.44. The van der Waals surface area contributed by atoms with E-state index in [9.17, 15) is 9.59 Å². The molecule has 0 aliphatic carbocycles. The Morgan fingerprint density at radius 1 is 0.860 bits per heavy atom. The van der Waals surface area contributed by atoms with Crippen LogP contribution in [0.25, 0.3) is 11.4 Å². The first-order valence-corrected chi connectivity index (χ1v) is 23.9. The number of thiazole rings is 1. The summed E-state index contributed by atoms with van der Waals surface area (Å²) < 4.78 is 11.2. The summed E-state index contributed by atoms with van der Waals surface area (Å²) in [6.07, 6.45) is 8.54. The summed E-state index contributed by atoms with van der Waals surface area (Å²) >= 11 is -1.18. The van der Waals surface area contributed by atoms with Crippen molar-refractivity contribution in [3.63, 3.8) is 0 Å². The molecule has 3 rings (SSSR count). The van der Waals surface area contributed by atoms with Gasteiger partial charge in [-0.1, -0.05) is 0 Å². The number of amides is 2. The van der Waals surface area contributed by atoms with Gasteiger partial charge in [0.2, 0.25) is 0 Å². The number of unbranched alkanes of at least 4 members (excludes halogenated alkanes) is 3. The molecule has 43 heavy (non-hydrogen) atoms. The third-order valence-electron chi connectivity index (χ3n) is 7.78. The van der Waals surface area contributed by atoms with Crippen LogP contribution in [0.15, 0.2) is 42.0 Å². The molecule has 0 radical (unpaired) electrons. The monoisotopic (exact) mass is 715 g/mol. The maximum atomic E-state index is 13.5. The number of hydrogen-bond donors (Lipinski definition) is 0. The summed E-state index contributed by atoms with van der Waals surface area (Å²) in [6.45, 7) is 12.3. The zero-order valence-electron chi connectivity index (χ0n) is 27.3. The fourth-order valence-corrected chi connectivity index (χ4v) is 21.9. The standard InChI is InChI=1S/C21H22N5O3S.3C4H9.Sn/c1-21(2,3)29-20(28)25(4)17-11-15(22-13-23-17)16-12-30-19(24-16)26(5)18(27)14-9-7-6-8-10-14;3*1-3-4-2;/h7-13H,1-5H3;3*1,3-4H2,2H3;. The molecule has 1 aromatic carbocycles. The molecule has 0 aliphatic rings. The molecule has 2 amide bonds. The zero-order chi connectivity index (χ0) is 31.6. The predicted molar refractivity (Wildman–Crippen MR) is 181 cm³/mol. The molecular formula is C33H49N5O3SSn. The number of carbonyl (C=O) groups excluding carboxylic acids is 2. The van der Waals surface area contributed by atoms with E-state index < -0.39 is 30.1 Å². The van der Waals surface area contributed by atoms with Crippen LogP contribution in [-0.4, -0.2) is 65.0 Å². The van der Waals surface area contributed by atoms with Crippen LogP contribution in [0.4, 0.5) is 15.7 Å². The van der Waals surface area contributed by atoms with Crippen molar-refractivity contribution in [1.82, 2.24) is 15.0 Å². The van der Waals surface area contributed by atoms with E-state index in [1.807, 2.05) is 38.3 Å². The molecule has 0 aliphatic heterocycles. The van der Waals surface area contributed by atoms with Crippen LogP contribution < -0.4 is 13.4 Å². The minimum atomic E-state index is -2.55. The fourth-order valence-electron chi connectivity index (χ4n) is 5.23. The van der Waals surface area contributed by atoms with Gasteiger partial charge in [-0.15, -0.1) is 0 Å². The summed E-state index contributed by atoms with van der Waals surface area (Å²) in [6, 6.07) is 10.3. The average Bonchev–Trinajstić information content (AvgIpc) is 3.50. The van der Waals surface area contributed by atoms with Crippen molar-refractivity contribution in [3.8, 4) is 11.4 Å². The summed E-state index contributed by atoms with van der Waals surface area (Å²) in [5.74, 6) is 0.313. The Labute approximate surface area is 266 Å². The third kappa shape index (κ3) is 9.48. The van der Waals surface area contributed by atoms with Crippen LogP contribution in [0, 0.1) is 0 Å². The first-order valence-electron chi connectivity index (χ1n) is 15.6. The molecule has 2 heterocycles. The molecule has 234 valence electrons. The van der Waals surface area contributed by atoms with Gasteiger partial charge in [0, 0.05) is 7.05 Å². The van der Waals surface area contributed by atoms with Gasteiger partial charge in [-0.2, -0.15) is 0 Å². The van der Waals surface area contributed by atoms with Crippen molar-refractivity contribution in [3.05, 3.63) is 47.6 Å². The van der Waals surface area contributed by atoms with Crippen LogP contribution in [-0.2, 0) is 4.74 Å². The van der Waals surface area contributed by atoms with Crippen LogP contribution in [0.3, 0.4) is 0 Å². The predicted octanol–water partition coefficient (Wildman–Crippen LogP) is 8.30. The van der Waals surface area contributed by atoms with E-state index in [1.165, 1.54) is 74.4 Å². The molecule has 0 atom stereocenters. The molecule has 0 unspecified atom stereocenters. The Balaban J connectivity index is 1.79. The van der Waals surface area contributed by atoms with Crippen LogP contribution >= 0.6 is 11.3 Å². The van der Waals surface area contributed by atoms with E-state index in [2.05, 4.69) is 42.9 Å². The zero-order valence-corrected chi connectivity index (χ0v) is 30.9. The van der Waals surface area contributed by atoms with Gasteiger partial charge in [0.1, 0.15) is 5.60 Å². The quantitative estimate of drug-likeness (QED) is 0.156. The molecule has 0 N–H and O–H groups in total. The van der Waals surface area contributed by atoms with Crippen molar-refractivity contribution >= 4 is 56.2 Å². The molecule has 2 aromatic heterocycles. The van der Waals surface area contributed by atoms with E-state index in [1.54, 1.807) is 28.6 Å². The van der Waals surface area contributed by atoms with Gasteiger partial charge in [-0.3, -0.25) is 4.90 Å². The summed E-state index contributed by atoms with van der Waals surface area (Å²) in [4.78, 5) is 42.3. The maximum absolute atomic E-state index is 13.5. The van der Waals surface area contributed by atoms with E-state index in [4.69, 9.17) is 9.72 Å². The number of ether oxygens (including phenoxy) is 1. The number of rotatable bonds is 14. The average molecular weight is 715 g/mol. The van der Waals surface area contributed by atoms with Gasteiger partial charge >= 0.3 is 215 Å². The SMILES string of the molecule is CCC[CH2][Sn]([CH2]CCC)([CH2]CCC)[c]1ccc(C(=O)N(C)c2nc(-c3cc(N(C)C(=O)OC(C)(C)C)ncn3)cs2)cc1. The van der Waals surface area contributed by atoms with Gasteiger partial charge in [0.05, 0.1) is 0 Å². The molecular weight excluding hydrogens is 665 g/mol. The van der Waals surface area contributed by atoms with E-state index >= 15 is 0 Å². The number of benzene rings is 1. The second-order valence-electron chi connectivity index (χ2n) is 12.3. The molecule has 0 saturated heterocycles. The Morgan fingerprint density at radius 3 is 1.98 bits per heavy atom. The molecule has 0 bridgehead atoms. The van der Waals surface area contributed by atoms with Crippen LogP contribution in [0.1, 0.15) is 90.4 Å². The van der Waals surface area contributed by atoms with Gasteiger partial charge in [0.15, 0.2) is 0 Å². The minimum absolute atomic E-state index is 0.0861. The van der Waals surface area contributed by atoms with Crippen molar-refractivity contribution in [2.75, 3.05) is 23.9 Å². The van der Waals surface area contributed by atoms with Crippen LogP contribution in [0.5, 0.6) is 0 Å². The fraction of sp³-hybridized carbons (Fsp3) is 0.545. The Hall–Kier alpha value is -2.53. The molecule has 0 spiro atoms. The normalized spacial score (nSPS) is 11.8. The molecule has 8 nitrogen and oxygen atoms in total. The third-order valence-corrected chi connectivity index (χ3v) is 24.4. The Kier molecular flexibility index (Phi) is 13.0. The first kappa shape index (κ1) is 35.0. The van der Waals surface area contributed by atoms with Gasteiger partial charge in [0.25, 0.3) is 0 Å². The number of carbonyl (C=O) groups is 2. The van der Waals surface area contributed by atoms with E-state index in [0.717, 1.165) is 0 Å². The van der Waals surface area contributed by atoms with Crippen molar-refractivity contribution in [2.45, 2.75) is 99.0 Å². The molecule has 3 aromatic rings. The van der Waals surface area contributed by atoms with Crippen LogP contribution in [0.2, 0.25) is 13.3 Å². The van der Waals surface area contributed by atoms with E-state index in [-0.39, 0.29) is 5.91 Å². The number of hydrogen-bond acceptors (Lipinski definition) is 7. The molecule has 0 fully saturated rings. The second kappa shape index (κ2) is 16.0. The summed E-state index contributed by atoms with van der Waals surface area (Å²) in [7, 11) is 3.36. The van der Waals surface area contributed by atoms with E-state index in [0.29, 0.717) is 27.9 Å². The first-order chi connectivity index (χ1) is 20.4. The number of aromatic nitrogens is 3. The second-order valence-corrected chi connectivity index (χ2v) is 26.4. The van der Waals surface area contributed by atoms with Gasteiger partial charge < -0.3 is 4.74 Å².